The Morgan fingerprint density at radius 2 is 2.00 bits per heavy atom. The molecule has 0 heterocycles. The van der Waals surface area contributed by atoms with Gasteiger partial charge in [0.15, 0.2) is 0 Å². The molecule has 0 atom stereocenters. The summed E-state index contributed by atoms with van der Waals surface area (Å²) in [6.07, 6.45) is 0.546. The predicted molar refractivity (Wildman–Crippen MR) is 74.8 cm³/mol. The molecule has 0 amide bonds. The van der Waals surface area contributed by atoms with E-state index in [0.717, 1.165) is 0 Å². The number of hydrogen-bond acceptors (Lipinski definition) is 2. The average Bonchev–Trinajstić information content (AvgIpc) is 2.41. The number of anilines is 1. The minimum absolute atomic E-state index is 0.212. The Labute approximate surface area is 116 Å². The van der Waals surface area contributed by atoms with Crippen LogP contribution in [0, 0.1) is 17.1 Å². The van der Waals surface area contributed by atoms with Gasteiger partial charge in [-0.1, -0.05) is 29.8 Å². The lowest BCUT2D eigenvalue weighted by molar-refractivity contribution is 0.610. The molecule has 0 fully saturated rings. The molecule has 0 unspecified atom stereocenters. The summed E-state index contributed by atoms with van der Waals surface area (Å²) < 4.78 is 13.4. The van der Waals surface area contributed by atoms with Gasteiger partial charge in [-0.2, -0.15) is 5.26 Å². The monoisotopic (exact) mass is 274 g/mol. The maximum atomic E-state index is 13.4. The third-order valence-electron chi connectivity index (χ3n) is 2.77. The fourth-order valence-corrected chi connectivity index (χ4v) is 1.97. The summed E-state index contributed by atoms with van der Waals surface area (Å²) in [6.45, 7) is 0.538. The minimum atomic E-state index is -0.212. The summed E-state index contributed by atoms with van der Waals surface area (Å²) in [5.74, 6) is -0.212. The Morgan fingerprint density at radius 1 is 1.21 bits per heavy atom. The lowest BCUT2D eigenvalue weighted by Crippen LogP contribution is -2.07. The maximum absolute atomic E-state index is 13.4. The van der Waals surface area contributed by atoms with Crippen molar-refractivity contribution in [3.05, 3.63) is 64.4 Å². The van der Waals surface area contributed by atoms with Gasteiger partial charge in [0.05, 0.1) is 11.3 Å². The molecule has 0 bridgehead atoms. The summed E-state index contributed by atoms with van der Waals surface area (Å²) in [7, 11) is 0. The molecule has 0 aliphatic heterocycles. The quantitative estimate of drug-likeness (QED) is 0.914. The Bertz CT molecular complexity index is 620. The van der Waals surface area contributed by atoms with E-state index < -0.39 is 0 Å². The van der Waals surface area contributed by atoms with Crippen molar-refractivity contribution in [2.45, 2.75) is 6.42 Å². The van der Waals surface area contributed by atoms with Crippen LogP contribution in [0.5, 0.6) is 0 Å². The van der Waals surface area contributed by atoms with Crippen LogP contribution in [0.1, 0.15) is 11.1 Å². The van der Waals surface area contributed by atoms with Gasteiger partial charge >= 0.3 is 0 Å². The van der Waals surface area contributed by atoms with Crippen molar-refractivity contribution in [1.29, 1.82) is 5.26 Å². The molecule has 0 saturated carbocycles. The molecule has 2 rings (SSSR count). The molecule has 2 aromatic carbocycles. The number of benzene rings is 2. The van der Waals surface area contributed by atoms with Gasteiger partial charge < -0.3 is 5.32 Å². The molecular weight excluding hydrogens is 263 g/mol. The first-order valence-corrected chi connectivity index (χ1v) is 6.25. The lowest BCUT2D eigenvalue weighted by atomic mass is 10.1. The van der Waals surface area contributed by atoms with E-state index in [4.69, 9.17) is 16.9 Å². The van der Waals surface area contributed by atoms with Crippen LogP contribution in [0.15, 0.2) is 42.5 Å². The minimum Gasteiger partial charge on any atom is -0.384 e. The van der Waals surface area contributed by atoms with Crippen molar-refractivity contribution in [2.75, 3.05) is 11.9 Å². The van der Waals surface area contributed by atoms with Gasteiger partial charge in [0.25, 0.3) is 0 Å². The van der Waals surface area contributed by atoms with Crippen molar-refractivity contribution in [3.8, 4) is 6.07 Å². The molecule has 0 aromatic heterocycles. The summed E-state index contributed by atoms with van der Waals surface area (Å²) >= 11 is 5.89. The number of nitriles is 1. The zero-order valence-electron chi connectivity index (χ0n) is 10.2. The highest BCUT2D eigenvalue weighted by Gasteiger charge is 2.04. The van der Waals surface area contributed by atoms with Gasteiger partial charge in [0, 0.05) is 11.6 Å². The Hall–Kier alpha value is -2.05. The maximum Gasteiger partial charge on any atom is 0.126 e. The summed E-state index contributed by atoms with van der Waals surface area (Å²) in [5, 5.41) is 12.6. The zero-order chi connectivity index (χ0) is 13.7. The highest BCUT2D eigenvalue weighted by molar-refractivity contribution is 6.30. The fraction of sp³-hybridized carbons (Fsp3) is 0.133. The Balaban J connectivity index is 2.02. The molecule has 0 spiro atoms. The van der Waals surface area contributed by atoms with Crippen LogP contribution in [-0.4, -0.2) is 6.54 Å². The van der Waals surface area contributed by atoms with Crippen LogP contribution in [0.25, 0.3) is 0 Å². The molecule has 0 radical (unpaired) electrons. The van der Waals surface area contributed by atoms with Gasteiger partial charge in [-0.05, 0) is 36.2 Å². The van der Waals surface area contributed by atoms with E-state index in [2.05, 4.69) is 11.4 Å². The third kappa shape index (κ3) is 3.46. The highest BCUT2D eigenvalue weighted by Crippen LogP contribution is 2.20. The van der Waals surface area contributed by atoms with E-state index in [0.29, 0.717) is 34.8 Å². The van der Waals surface area contributed by atoms with Gasteiger partial charge in [-0.15, -0.1) is 0 Å². The van der Waals surface area contributed by atoms with Crippen molar-refractivity contribution in [1.82, 2.24) is 0 Å². The van der Waals surface area contributed by atoms with Crippen LogP contribution < -0.4 is 5.32 Å². The van der Waals surface area contributed by atoms with E-state index >= 15 is 0 Å². The molecule has 19 heavy (non-hydrogen) atoms. The second-order valence-electron chi connectivity index (χ2n) is 4.07. The van der Waals surface area contributed by atoms with E-state index in [1.807, 2.05) is 0 Å². The number of nitrogens with one attached hydrogen (secondary N) is 1. The van der Waals surface area contributed by atoms with Crippen molar-refractivity contribution in [3.63, 3.8) is 0 Å². The topological polar surface area (TPSA) is 35.8 Å². The summed E-state index contributed by atoms with van der Waals surface area (Å²) in [4.78, 5) is 0. The zero-order valence-corrected chi connectivity index (χ0v) is 10.9. The van der Waals surface area contributed by atoms with E-state index in [-0.39, 0.29) is 5.82 Å². The standard InChI is InChI=1S/C15H12ClFN2/c16-13-6-5-12(10-18)15(9-13)19-8-7-11-3-1-2-4-14(11)17/h1-6,9,19H,7-8H2. The second kappa shape index (κ2) is 6.21. The normalized spacial score (nSPS) is 9.95. The molecule has 0 aliphatic rings. The molecule has 0 saturated heterocycles. The van der Waals surface area contributed by atoms with Crippen molar-refractivity contribution >= 4 is 17.3 Å². The number of nitrogens with zero attached hydrogens (tertiary/aromatic N) is 1. The van der Waals surface area contributed by atoms with Crippen LogP contribution >= 0.6 is 11.6 Å². The van der Waals surface area contributed by atoms with Crippen LogP contribution in [0.4, 0.5) is 10.1 Å². The van der Waals surface area contributed by atoms with Crippen LogP contribution in [0.3, 0.4) is 0 Å². The predicted octanol–water partition coefficient (Wildman–Crippen LogP) is 4.01. The Morgan fingerprint density at radius 3 is 2.74 bits per heavy atom. The number of halogens is 2. The first-order valence-electron chi connectivity index (χ1n) is 5.87. The van der Waals surface area contributed by atoms with Crippen molar-refractivity contribution < 1.29 is 4.39 Å². The third-order valence-corrected chi connectivity index (χ3v) is 3.00. The first-order chi connectivity index (χ1) is 9.20. The van der Waals surface area contributed by atoms with Crippen LogP contribution in [0.2, 0.25) is 5.02 Å². The SMILES string of the molecule is N#Cc1ccc(Cl)cc1NCCc1ccccc1F. The largest absolute Gasteiger partial charge is 0.384 e. The average molecular weight is 275 g/mol. The molecule has 2 nitrogen and oxygen atoms in total. The molecule has 2 aromatic rings. The van der Waals surface area contributed by atoms with Gasteiger partial charge in [0.2, 0.25) is 0 Å². The highest BCUT2D eigenvalue weighted by atomic mass is 35.5. The first kappa shape index (κ1) is 13.4. The van der Waals surface area contributed by atoms with Gasteiger partial charge in [-0.3, -0.25) is 0 Å². The van der Waals surface area contributed by atoms with E-state index in [1.165, 1.54) is 6.07 Å². The van der Waals surface area contributed by atoms with Gasteiger partial charge in [-0.25, -0.2) is 4.39 Å². The van der Waals surface area contributed by atoms with Gasteiger partial charge in [0.1, 0.15) is 11.9 Å². The number of rotatable bonds is 4. The summed E-state index contributed by atoms with van der Waals surface area (Å²) in [6, 6.07) is 13.8. The van der Waals surface area contributed by atoms with E-state index in [9.17, 15) is 4.39 Å². The Kier molecular flexibility index (Phi) is 4.38. The molecule has 1 N–H and O–H groups in total. The van der Waals surface area contributed by atoms with E-state index in [1.54, 1.807) is 36.4 Å². The molecule has 4 heteroatoms. The number of hydrogen-bond donors (Lipinski definition) is 1. The van der Waals surface area contributed by atoms with Crippen LogP contribution in [-0.2, 0) is 6.42 Å². The molecule has 0 aliphatic carbocycles. The smallest absolute Gasteiger partial charge is 0.126 e. The molecule has 96 valence electrons. The second-order valence-corrected chi connectivity index (χ2v) is 4.51. The van der Waals surface area contributed by atoms with Crippen molar-refractivity contribution in [2.24, 2.45) is 0 Å². The molecular formula is C15H12ClFN2. The summed E-state index contributed by atoms with van der Waals surface area (Å²) in [5.41, 5.74) is 1.85. The fourth-order valence-electron chi connectivity index (χ4n) is 1.79. The lowest BCUT2D eigenvalue weighted by Gasteiger charge is -2.09.